The zero-order valence-electron chi connectivity index (χ0n) is 55.3. The molecular weight excluding hydrogens is 1170 g/mol. The lowest BCUT2D eigenvalue weighted by Gasteiger charge is -2.32. The summed E-state index contributed by atoms with van der Waals surface area (Å²) >= 11 is 0. The second-order valence-electron chi connectivity index (χ2n) is 25.2. The minimum atomic E-state index is -1.40. The number of carbonyl (C=O) groups excluding carboxylic acids is 7. The highest BCUT2D eigenvalue weighted by atomic mass is 16.4. The van der Waals surface area contributed by atoms with Crippen LogP contribution in [0.2, 0.25) is 0 Å². The number of nitrogens with one attached hydrogen (secondary N) is 10. The highest BCUT2D eigenvalue weighted by Crippen LogP contribution is 2.23. The van der Waals surface area contributed by atoms with Crippen LogP contribution in [0.5, 0.6) is 5.75 Å². The number of oxime groups is 2. The van der Waals surface area contributed by atoms with E-state index in [-0.39, 0.29) is 69.4 Å². The van der Waals surface area contributed by atoms with E-state index in [9.17, 15) is 59.0 Å². The third-order valence-electron chi connectivity index (χ3n) is 17.2. The van der Waals surface area contributed by atoms with Gasteiger partial charge in [0.25, 0.3) is 0 Å². The Labute approximate surface area is 535 Å². The third-order valence-corrected chi connectivity index (χ3v) is 17.2. The summed E-state index contributed by atoms with van der Waals surface area (Å²) < 4.78 is 0. The Morgan fingerprint density at radius 1 is 0.703 bits per heavy atom. The van der Waals surface area contributed by atoms with E-state index >= 15 is 0 Å². The number of carboxylic acid groups (broad SMARTS) is 1. The molecule has 1 aromatic heterocycles. The molecule has 3 rings (SSSR count). The maximum atomic E-state index is 14.8. The lowest BCUT2D eigenvalue weighted by Crippen LogP contribution is -2.62. The van der Waals surface area contributed by atoms with Crippen molar-refractivity contribution >= 4 is 64.7 Å². The first-order valence-corrected chi connectivity index (χ1v) is 31.6. The van der Waals surface area contributed by atoms with Gasteiger partial charge < -0.3 is 89.8 Å². The zero-order valence-corrected chi connectivity index (χ0v) is 55.3. The number of H-pyrrole nitrogens is 1. The van der Waals surface area contributed by atoms with Crippen molar-refractivity contribution in [1.82, 2.24) is 62.7 Å². The number of hydrogen-bond donors (Lipinski definition) is 16. The van der Waals surface area contributed by atoms with Gasteiger partial charge >= 0.3 is 5.97 Å². The van der Waals surface area contributed by atoms with Crippen LogP contribution in [0.25, 0.3) is 0 Å². The smallest absolute Gasteiger partial charge is 0.326 e. The number of likely N-dealkylation sites (tertiary alicyclic amines) is 1. The molecule has 510 valence electrons. The summed E-state index contributed by atoms with van der Waals surface area (Å²) in [6, 6.07) is -2.72. The molecule has 0 aliphatic carbocycles. The summed E-state index contributed by atoms with van der Waals surface area (Å²) in [6.07, 6.45) is 6.64. The predicted octanol–water partition coefficient (Wildman–Crippen LogP) is 1.50. The average Bonchev–Trinajstić information content (AvgIpc) is 1.95. The van der Waals surface area contributed by atoms with Crippen LogP contribution in [-0.4, -0.2) is 193 Å². The number of guanidine groups is 1. The third kappa shape index (κ3) is 25.7. The summed E-state index contributed by atoms with van der Waals surface area (Å²) in [5, 5.41) is 72.3. The largest absolute Gasteiger partial charge is 0.508 e. The fraction of sp³-hybridized carbons (Fsp3) is 0.677. The number of phenols is 1. The van der Waals surface area contributed by atoms with Crippen molar-refractivity contribution in [3.05, 3.63) is 48.0 Å². The molecule has 0 radical (unpaired) electrons. The van der Waals surface area contributed by atoms with Gasteiger partial charge in [-0.05, 0) is 147 Å². The van der Waals surface area contributed by atoms with Crippen molar-refractivity contribution in [2.75, 3.05) is 39.3 Å². The molecule has 2 aromatic rings. The first-order valence-electron chi connectivity index (χ1n) is 31.6. The monoisotopic (exact) mass is 1280 g/mol. The summed E-state index contributed by atoms with van der Waals surface area (Å²) in [4.78, 5) is 125. The fourth-order valence-corrected chi connectivity index (χ4v) is 10.2. The van der Waals surface area contributed by atoms with E-state index in [4.69, 9.17) is 11.5 Å². The molecule has 2 heterocycles. The molecular formula is C62H105N17O12. The molecule has 91 heavy (non-hydrogen) atoms. The number of imidazole rings is 1. The number of aromatic nitrogens is 2. The molecule has 0 saturated carbocycles. The van der Waals surface area contributed by atoms with Gasteiger partial charge in [0.1, 0.15) is 48.0 Å². The van der Waals surface area contributed by atoms with E-state index in [1.807, 2.05) is 27.7 Å². The Morgan fingerprint density at radius 3 is 1.79 bits per heavy atom. The minimum Gasteiger partial charge on any atom is -0.508 e. The van der Waals surface area contributed by atoms with Crippen LogP contribution in [0.1, 0.15) is 152 Å². The van der Waals surface area contributed by atoms with Crippen LogP contribution in [0.3, 0.4) is 0 Å². The van der Waals surface area contributed by atoms with Crippen LogP contribution in [0, 0.1) is 23.7 Å². The second-order valence-corrected chi connectivity index (χ2v) is 25.2. The molecule has 29 heteroatoms. The number of nitrogens with two attached hydrogens (primary N) is 2. The van der Waals surface area contributed by atoms with Crippen molar-refractivity contribution in [1.29, 1.82) is 0 Å². The Balaban J connectivity index is 1.87. The first-order chi connectivity index (χ1) is 42.9. The lowest BCUT2D eigenvalue weighted by molar-refractivity contribution is -0.146. The molecule has 1 aliphatic rings. The second kappa shape index (κ2) is 38.1. The highest BCUT2D eigenvalue weighted by Gasteiger charge is 2.42. The quantitative estimate of drug-likeness (QED) is 0.0147. The van der Waals surface area contributed by atoms with Crippen molar-refractivity contribution in [3.63, 3.8) is 0 Å². The van der Waals surface area contributed by atoms with E-state index in [1.54, 1.807) is 67.5 Å². The maximum absolute atomic E-state index is 14.8. The van der Waals surface area contributed by atoms with Crippen molar-refractivity contribution in [2.45, 2.75) is 207 Å². The average molecular weight is 1280 g/mol. The van der Waals surface area contributed by atoms with Crippen molar-refractivity contribution < 1.29 is 59.0 Å². The molecule has 1 aromatic carbocycles. The van der Waals surface area contributed by atoms with Gasteiger partial charge in [-0.1, -0.05) is 76.8 Å². The van der Waals surface area contributed by atoms with Gasteiger partial charge in [-0.25, -0.2) is 9.78 Å². The minimum absolute atomic E-state index is 0.0544. The number of aromatic hydroxyl groups is 1. The molecule has 18 N–H and O–H groups in total. The van der Waals surface area contributed by atoms with E-state index < -0.39 is 118 Å². The number of aliphatic carboxylic acids is 1. The van der Waals surface area contributed by atoms with Crippen molar-refractivity contribution in [2.24, 2.45) is 50.4 Å². The molecule has 29 nitrogen and oxygen atoms in total. The van der Waals surface area contributed by atoms with E-state index in [0.717, 1.165) is 12.8 Å². The van der Waals surface area contributed by atoms with Crippen LogP contribution in [-0.2, 0) is 51.2 Å². The van der Waals surface area contributed by atoms with Crippen LogP contribution in [0.15, 0.2) is 52.1 Å². The number of benzene rings is 1. The molecule has 0 bridgehead atoms. The molecule has 1 fully saturated rings. The number of aliphatic imine (C=N–C) groups is 1. The Morgan fingerprint density at radius 2 is 1.25 bits per heavy atom. The van der Waals surface area contributed by atoms with Gasteiger partial charge in [-0.15, -0.1) is 0 Å². The number of hydrogen-bond acceptors (Lipinski definition) is 18. The summed E-state index contributed by atoms with van der Waals surface area (Å²) in [7, 11) is 0. The van der Waals surface area contributed by atoms with Crippen molar-refractivity contribution in [3.8, 4) is 5.75 Å². The zero-order chi connectivity index (χ0) is 68.2. The number of carbonyl (C=O) groups is 8. The van der Waals surface area contributed by atoms with Gasteiger partial charge in [0, 0.05) is 37.8 Å². The lowest BCUT2D eigenvalue weighted by atomic mass is 9.94. The molecule has 7 amide bonds. The van der Waals surface area contributed by atoms with Crippen LogP contribution < -0.4 is 59.3 Å². The van der Waals surface area contributed by atoms with E-state index in [2.05, 4.69) is 73.1 Å². The Kier molecular flexibility index (Phi) is 32.3. The SMILES string of the molecule is CCC(C)[C@H](NC(=O)C1CCCN1C(=O)[C@H](Cc1cnc[nH]1)NC(=O)[C@@H](NC(=O)[C@H](Cc1ccc(O)cc1)NC(=O)[C@@H](NC(=O)[C@H](CCCN=C(N)N)NC(=O)CNCCC(CCNC(C)(C)/C(C)=N\O)CCNC(C)(C)/C(C)=N\O)C(C)C)C(C)CC)C(=O)O. The van der Waals surface area contributed by atoms with Gasteiger partial charge in [0.05, 0.1) is 35.4 Å². The topological polar surface area (TPSA) is 447 Å². The summed E-state index contributed by atoms with van der Waals surface area (Å²) in [5.74, 6) is -7.59. The van der Waals surface area contributed by atoms with Crippen LogP contribution in [0.4, 0.5) is 0 Å². The highest BCUT2D eigenvalue weighted by molar-refractivity contribution is 5.98. The number of nitrogens with zero attached hydrogens (tertiary/aromatic N) is 5. The molecule has 0 spiro atoms. The maximum Gasteiger partial charge on any atom is 0.326 e. The summed E-state index contributed by atoms with van der Waals surface area (Å²) in [6.45, 7) is 23.3. The molecule has 3 unspecified atom stereocenters. The fourth-order valence-electron chi connectivity index (χ4n) is 10.2. The molecule has 9 atom stereocenters. The normalized spacial score (nSPS) is 16.5. The number of amides is 7. The standard InChI is InChI=1S/C62H105N17O12/c1-13-37(5)51(57(86)73-47(32-43-33-66-35-68-43)58(87)79-30-16-18-48(79)55(84)76-52(59(88)89)38(6)14-2)75-54(83)46(31-42-19-21-44(80)22-20-42)72-56(85)50(36(3)4)74-53(82)45(17-15-26-67-60(63)64)71-49(81)34-65-27-23-41(24-28-69-61(9,10)39(7)77-90)25-29-70-62(11,12)40(8)78-91/h19-22,33,35-38,41,45-48,50-52,65,69-70,80,90-91H,13-18,23-32,34H2,1-12H3,(H,66,68)(H,71,81)(H,72,85)(H,73,86)(H,74,82)(H,75,83)(H,76,84)(H,88,89)(H4,63,64,67)/b77-39-,78-40-/t37?,38?,45-,46-,47-,48?,50-,51-,52-/m0/s1. The van der Waals surface area contributed by atoms with Gasteiger partial charge in [0.2, 0.25) is 41.4 Å². The van der Waals surface area contributed by atoms with Gasteiger partial charge in [-0.3, -0.25) is 38.6 Å². The van der Waals surface area contributed by atoms with E-state index in [0.29, 0.717) is 68.0 Å². The number of rotatable bonds is 41. The van der Waals surface area contributed by atoms with E-state index in [1.165, 1.54) is 29.6 Å². The molecule has 1 saturated heterocycles. The van der Waals surface area contributed by atoms with Crippen LogP contribution >= 0.6 is 0 Å². The number of phenolic OH excluding ortho intramolecular Hbond substituents is 1. The van der Waals surface area contributed by atoms with Gasteiger partial charge in [-0.2, -0.15) is 0 Å². The number of carboxylic acids is 1. The Bertz CT molecular complexity index is 2720. The first kappa shape index (κ1) is 77.3. The number of aromatic amines is 1. The van der Waals surface area contributed by atoms with Gasteiger partial charge in [0.15, 0.2) is 5.96 Å². The molecule has 1 aliphatic heterocycles. The predicted molar refractivity (Wildman–Crippen MR) is 346 cm³/mol. The Hall–Kier alpha value is -7.92. The summed E-state index contributed by atoms with van der Waals surface area (Å²) in [5.41, 5.74) is 12.1.